The maximum absolute atomic E-state index is 9.66. The Bertz CT molecular complexity index is 898. The fourth-order valence-electron chi connectivity index (χ4n) is 3.34. The third-order valence-corrected chi connectivity index (χ3v) is 4.54. The molecule has 0 radical (unpaired) electrons. The number of aliphatic imine (C=N–C) groups is 1. The minimum atomic E-state index is -0.601. The molecule has 0 saturated carbocycles. The van der Waals surface area contributed by atoms with E-state index in [1.54, 1.807) is 19.2 Å². The van der Waals surface area contributed by atoms with E-state index in [1.165, 1.54) is 0 Å². The van der Waals surface area contributed by atoms with E-state index < -0.39 is 5.54 Å². The molecule has 0 spiro atoms. The van der Waals surface area contributed by atoms with Crippen LogP contribution in [0.5, 0.6) is 11.5 Å². The van der Waals surface area contributed by atoms with E-state index >= 15 is 0 Å². The molecule has 0 fully saturated rings. The predicted octanol–water partition coefficient (Wildman–Crippen LogP) is 4.13. The van der Waals surface area contributed by atoms with E-state index in [2.05, 4.69) is 12.1 Å². The molecule has 1 N–H and O–H groups in total. The van der Waals surface area contributed by atoms with Gasteiger partial charge in [-0.1, -0.05) is 48.5 Å². The molecule has 0 bridgehead atoms. The van der Waals surface area contributed by atoms with Crippen LogP contribution in [0.15, 0.2) is 77.8 Å². The lowest BCUT2D eigenvalue weighted by atomic mass is 9.77. The Hall–Kier alpha value is -3.07. The molecule has 1 atom stereocenters. The number of rotatable bonds is 3. The Morgan fingerprint density at radius 3 is 2.12 bits per heavy atom. The number of aromatic hydroxyl groups is 1. The predicted molar refractivity (Wildman–Crippen MR) is 95.0 cm³/mol. The van der Waals surface area contributed by atoms with Crippen LogP contribution in [-0.4, -0.2) is 18.4 Å². The maximum Gasteiger partial charge on any atom is 0.136 e. The Kier molecular flexibility index (Phi) is 3.35. The number of fused-ring (bicyclic) bond motifs is 1. The van der Waals surface area contributed by atoms with Crippen molar-refractivity contribution in [3.8, 4) is 11.5 Å². The second-order valence-electron chi connectivity index (χ2n) is 5.83. The van der Waals surface area contributed by atoms with Gasteiger partial charge in [-0.2, -0.15) is 0 Å². The van der Waals surface area contributed by atoms with Gasteiger partial charge in [-0.05, 0) is 46.5 Å². The molecule has 3 nitrogen and oxygen atoms in total. The zero-order valence-corrected chi connectivity index (χ0v) is 13.3. The van der Waals surface area contributed by atoms with Crippen LogP contribution >= 0.6 is 0 Å². The molecular formula is C21H17NO2. The van der Waals surface area contributed by atoms with Crippen molar-refractivity contribution < 1.29 is 9.84 Å². The second-order valence-corrected chi connectivity index (χ2v) is 5.83. The van der Waals surface area contributed by atoms with E-state index in [-0.39, 0.29) is 5.75 Å². The van der Waals surface area contributed by atoms with Crippen molar-refractivity contribution in [2.75, 3.05) is 7.11 Å². The number of phenolic OH excluding ortho intramolecular Hbond substituents is 1. The highest BCUT2D eigenvalue weighted by Gasteiger charge is 2.40. The summed E-state index contributed by atoms with van der Waals surface area (Å²) in [5.41, 5.74) is 3.74. The molecule has 3 heteroatoms. The molecule has 3 aromatic rings. The Morgan fingerprint density at radius 1 is 0.833 bits per heavy atom. The smallest absolute Gasteiger partial charge is 0.136 e. The van der Waals surface area contributed by atoms with E-state index in [0.717, 1.165) is 28.0 Å². The molecule has 1 aliphatic rings. The molecule has 1 unspecified atom stereocenters. The SMILES string of the molecule is COc1ccc(C2(c3ccc(O)cc3)N=Cc3ccccc32)cc1. The summed E-state index contributed by atoms with van der Waals surface area (Å²) in [5.74, 6) is 1.06. The van der Waals surface area contributed by atoms with Crippen LogP contribution in [0, 0.1) is 0 Å². The Morgan fingerprint density at radius 2 is 1.46 bits per heavy atom. The van der Waals surface area contributed by atoms with E-state index in [9.17, 15) is 5.11 Å². The summed E-state index contributed by atoms with van der Waals surface area (Å²) >= 11 is 0. The number of hydrogen-bond acceptors (Lipinski definition) is 3. The average molecular weight is 315 g/mol. The first-order valence-corrected chi connectivity index (χ1v) is 7.83. The van der Waals surface area contributed by atoms with E-state index in [4.69, 9.17) is 9.73 Å². The number of methoxy groups -OCH3 is 1. The Labute approximate surface area is 140 Å². The van der Waals surface area contributed by atoms with Gasteiger partial charge in [0.05, 0.1) is 7.11 Å². The number of ether oxygens (including phenoxy) is 1. The highest BCUT2D eigenvalue weighted by molar-refractivity contribution is 5.88. The summed E-state index contributed by atoms with van der Waals surface area (Å²) in [6.45, 7) is 0. The molecule has 1 heterocycles. The second kappa shape index (κ2) is 5.53. The van der Waals surface area contributed by atoms with Gasteiger partial charge in [0.15, 0.2) is 0 Å². The zero-order chi connectivity index (χ0) is 16.6. The van der Waals surface area contributed by atoms with Crippen LogP contribution in [0.25, 0.3) is 0 Å². The van der Waals surface area contributed by atoms with E-state index in [0.29, 0.717) is 0 Å². The fraction of sp³-hybridized carbons (Fsp3) is 0.0952. The summed E-state index contributed by atoms with van der Waals surface area (Å²) in [6.07, 6.45) is 1.92. The first-order chi connectivity index (χ1) is 11.7. The van der Waals surface area contributed by atoms with Gasteiger partial charge in [0.25, 0.3) is 0 Å². The number of phenols is 1. The summed E-state index contributed by atoms with van der Waals surface area (Å²) in [7, 11) is 1.66. The average Bonchev–Trinajstić information content (AvgIpc) is 3.03. The van der Waals surface area contributed by atoms with Gasteiger partial charge in [-0.3, -0.25) is 4.99 Å². The molecule has 0 aliphatic carbocycles. The Balaban J connectivity index is 1.97. The first-order valence-electron chi connectivity index (χ1n) is 7.83. The maximum atomic E-state index is 9.66. The van der Waals surface area contributed by atoms with Crippen molar-refractivity contribution in [3.05, 3.63) is 95.1 Å². The van der Waals surface area contributed by atoms with Crippen molar-refractivity contribution in [2.45, 2.75) is 5.54 Å². The van der Waals surface area contributed by atoms with Gasteiger partial charge in [-0.15, -0.1) is 0 Å². The van der Waals surface area contributed by atoms with Crippen molar-refractivity contribution in [3.63, 3.8) is 0 Å². The molecule has 118 valence electrons. The lowest BCUT2D eigenvalue weighted by molar-refractivity contribution is 0.414. The van der Waals surface area contributed by atoms with Crippen LogP contribution < -0.4 is 4.74 Å². The van der Waals surface area contributed by atoms with Crippen LogP contribution in [0.4, 0.5) is 0 Å². The highest BCUT2D eigenvalue weighted by Crippen LogP contribution is 2.45. The molecule has 0 amide bonds. The summed E-state index contributed by atoms with van der Waals surface area (Å²) in [5, 5.41) is 9.66. The molecular weight excluding hydrogens is 298 g/mol. The third kappa shape index (κ3) is 2.09. The van der Waals surface area contributed by atoms with Gasteiger partial charge in [0.2, 0.25) is 0 Å². The largest absolute Gasteiger partial charge is 0.508 e. The van der Waals surface area contributed by atoms with Gasteiger partial charge in [-0.25, -0.2) is 0 Å². The molecule has 3 aromatic carbocycles. The number of hydrogen-bond donors (Lipinski definition) is 1. The van der Waals surface area contributed by atoms with Crippen LogP contribution in [-0.2, 0) is 5.54 Å². The standard InChI is InChI=1S/C21H17NO2/c1-24-19-12-8-17(9-13-19)21(16-6-10-18(23)11-7-16)20-5-3-2-4-15(20)14-22-21/h2-14,23H,1H3. The molecule has 0 aromatic heterocycles. The third-order valence-electron chi connectivity index (χ3n) is 4.54. The zero-order valence-electron chi connectivity index (χ0n) is 13.3. The van der Waals surface area contributed by atoms with Gasteiger partial charge >= 0.3 is 0 Å². The fourth-order valence-corrected chi connectivity index (χ4v) is 3.34. The van der Waals surface area contributed by atoms with Gasteiger partial charge < -0.3 is 9.84 Å². The van der Waals surface area contributed by atoms with Crippen LogP contribution in [0.3, 0.4) is 0 Å². The molecule has 1 aliphatic heterocycles. The molecule has 0 saturated heterocycles. The van der Waals surface area contributed by atoms with Gasteiger partial charge in [0.1, 0.15) is 17.0 Å². The minimum Gasteiger partial charge on any atom is -0.508 e. The lowest BCUT2D eigenvalue weighted by Gasteiger charge is -2.29. The van der Waals surface area contributed by atoms with E-state index in [1.807, 2.05) is 54.7 Å². The van der Waals surface area contributed by atoms with Crippen molar-refractivity contribution in [2.24, 2.45) is 4.99 Å². The minimum absolute atomic E-state index is 0.249. The monoisotopic (exact) mass is 315 g/mol. The summed E-state index contributed by atoms with van der Waals surface area (Å²) < 4.78 is 5.28. The molecule has 24 heavy (non-hydrogen) atoms. The lowest BCUT2D eigenvalue weighted by Crippen LogP contribution is -2.25. The van der Waals surface area contributed by atoms with Gasteiger partial charge in [0, 0.05) is 6.21 Å². The highest BCUT2D eigenvalue weighted by atomic mass is 16.5. The summed E-state index contributed by atoms with van der Waals surface area (Å²) in [6, 6.07) is 23.5. The summed E-state index contributed by atoms with van der Waals surface area (Å²) in [4.78, 5) is 4.91. The quantitative estimate of drug-likeness (QED) is 0.790. The van der Waals surface area contributed by atoms with Crippen LogP contribution in [0.2, 0.25) is 0 Å². The van der Waals surface area contributed by atoms with Crippen LogP contribution in [0.1, 0.15) is 22.3 Å². The first kappa shape index (κ1) is 14.5. The number of benzene rings is 3. The van der Waals surface area contributed by atoms with Crippen molar-refractivity contribution >= 4 is 6.21 Å². The normalized spacial score (nSPS) is 18.4. The van der Waals surface area contributed by atoms with Crippen molar-refractivity contribution in [1.29, 1.82) is 0 Å². The van der Waals surface area contributed by atoms with Crippen molar-refractivity contribution in [1.82, 2.24) is 0 Å². The number of nitrogens with zero attached hydrogens (tertiary/aromatic N) is 1. The topological polar surface area (TPSA) is 41.8 Å². The molecule has 4 rings (SSSR count).